The minimum absolute atomic E-state index is 0.0482. The van der Waals surface area contributed by atoms with Crippen LogP contribution in [0.5, 0.6) is 17.2 Å². The Balaban J connectivity index is 1.78. The van der Waals surface area contributed by atoms with Gasteiger partial charge >= 0.3 is 0 Å². The summed E-state index contributed by atoms with van der Waals surface area (Å²) < 4.78 is 19.4. The molecule has 1 unspecified atom stereocenters. The van der Waals surface area contributed by atoms with Gasteiger partial charge in [-0.1, -0.05) is 38.1 Å². The van der Waals surface area contributed by atoms with E-state index in [0.29, 0.717) is 17.4 Å². The Morgan fingerprint density at radius 3 is 2.22 bits per heavy atom. The van der Waals surface area contributed by atoms with Gasteiger partial charge in [0.25, 0.3) is 0 Å². The van der Waals surface area contributed by atoms with E-state index >= 15 is 0 Å². The van der Waals surface area contributed by atoms with E-state index < -0.39 is 0 Å². The number of benzene rings is 2. The van der Waals surface area contributed by atoms with E-state index in [1.165, 1.54) is 16.8 Å². The van der Waals surface area contributed by atoms with E-state index in [-0.39, 0.29) is 6.04 Å². The maximum Gasteiger partial charge on any atom is 0.164 e. The number of nitrogens with zero attached hydrogens (tertiary/aromatic N) is 2. The highest BCUT2D eigenvalue weighted by Gasteiger charge is 2.31. The van der Waals surface area contributed by atoms with Crippen LogP contribution < -0.4 is 14.2 Å². The van der Waals surface area contributed by atoms with E-state index in [9.17, 15) is 0 Å². The van der Waals surface area contributed by atoms with Crippen LogP contribution in [-0.4, -0.2) is 37.3 Å². The summed E-state index contributed by atoms with van der Waals surface area (Å²) in [5, 5.41) is 0. The van der Waals surface area contributed by atoms with Gasteiger partial charge in [0.05, 0.1) is 27.4 Å². The van der Waals surface area contributed by atoms with Crippen molar-refractivity contribution in [2.75, 3.05) is 27.9 Å². The Hall–Kier alpha value is -2.92. The standard InChI is InChI=1S/C27H34N2O3/c1-19(2)21-11-9-20(10-12-21)18-29-15-7-14-28-13-6-8-23(28)27(29)22-16-25(31-4)26(32-5)17-24(22)30-3/h6,8-13,16-17,19,27H,7,14-15,18H2,1-5H3. The molecule has 0 saturated carbocycles. The van der Waals surface area contributed by atoms with Crippen molar-refractivity contribution in [2.24, 2.45) is 0 Å². The molecule has 2 aromatic carbocycles. The molecule has 0 radical (unpaired) electrons. The molecule has 1 aliphatic heterocycles. The first kappa shape index (κ1) is 22.3. The highest BCUT2D eigenvalue weighted by atomic mass is 16.5. The molecule has 1 aliphatic rings. The molecule has 5 heteroatoms. The molecule has 32 heavy (non-hydrogen) atoms. The van der Waals surface area contributed by atoms with Crippen molar-refractivity contribution in [3.63, 3.8) is 0 Å². The predicted octanol–water partition coefficient (Wildman–Crippen LogP) is 5.63. The van der Waals surface area contributed by atoms with Crippen molar-refractivity contribution in [2.45, 2.75) is 45.3 Å². The van der Waals surface area contributed by atoms with Crippen molar-refractivity contribution in [3.8, 4) is 17.2 Å². The van der Waals surface area contributed by atoms with E-state index in [1.807, 2.05) is 6.07 Å². The highest BCUT2D eigenvalue weighted by Crippen LogP contribution is 2.43. The highest BCUT2D eigenvalue weighted by molar-refractivity contribution is 5.53. The summed E-state index contributed by atoms with van der Waals surface area (Å²) in [7, 11) is 5.05. The molecule has 0 saturated heterocycles. The topological polar surface area (TPSA) is 35.9 Å². The number of fused-ring (bicyclic) bond motifs is 1. The van der Waals surface area contributed by atoms with Crippen LogP contribution in [0, 0.1) is 0 Å². The van der Waals surface area contributed by atoms with Crippen LogP contribution in [0.3, 0.4) is 0 Å². The molecular formula is C27H34N2O3. The largest absolute Gasteiger partial charge is 0.496 e. The molecule has 0 aliphatic carbocycles. The zero-order valence-corrected chi connectivity index (χ0v) is 19.8. The lowest BCUT2D eigenvalue weighted by molar-refractivity contribution is 0.215. The number of aryl methyl sites for hydroxylation is 1. The zero-order valence-electron chi connectivity index (χ0n) is 19.8. The van der Waals surface area contributed by atoms with Crippen LogP contribution in [0.4, 0.5) is 0 Å². The van der Waals surface area contributed by atoms with Gasteiger partial charge in [-0.2, -0.15) is 0 Å². The van der Waals surface area contributed by atoms with Gasteiger partial charge in [0.15, 0.2) is 11.5 Å². The predicted molar refractivity (Wildman–Crippen MR) is 128 cm³/mol. The molecule has 5 nitrogen and oxygen atoms in total. The second-order valence-electron chi connectivity index (χ2n) is 8.70. The van der Waals surface area contributed by atoms with Crippen LogP contribution in [0.15, 0.2) is 54.7 Å². The molecule has 2 heterocycles. The first-order valence-corrected chi connectivity index (χ1v) is 11.3. The number of hydrogen-bond acceptors (Lipinski definition) is 4. The number of methoxy groups -OCH3 is 3. The minimum Gasteiger partial charge on any atom is -0.496 e. The molecule has 4 rings (SSSR count). The van der Waals surface area contributed by atoms with Crippen molar-refractivity contribution in [3.05, 3.63) is 77.1 Å². The molecule has 1 aromatic heterocycles. The normalized spacial score (nSPS) is 16.5. The molecule has 0 N–H and O–H groups in total. The summed E-state index contributed by atoms with van der Waals surface area (Å²) in [5.41, 5.74) is 5.05. The van der Waals surface area contributed by atoms with Gasteiger partial charge in [-0.25, -0.2) is 0 Å². The Morgan fingerprint density at radius 2 is 1.56 bits per heavy atom. The van der Waals surface area contributed by atoms with Crippen molar-refractivity contribution < 1.29 is 14.2 Å². The first-order chi connectivity index (χ1) is 15.5. The van der Waals surface area contributed by atoms with Crippen LogP contribution in [-0.2, 0) is 13.1 Å². The SMILES string of the molecule is COc1cc(OC)c(C2c3cccn3CCCN2Cc2ccc(C(C)C)cc2)cc1OC. The maximum atomic E-state index is 5.84. The smallest absolute Gasteiger partial charge is 0.164 e. The summed E-state index contributed by atoms with van der Waals surface area (Å²) in [6.07, 6.45) is 3.27. The lowest BCUT2D eigenvalue weighted by Crippen LogP contribution is -2.30. The summed E-state index contributed by atoms with van der Waals surface area (Å²) in [5.74, 6) is 2.73. The van der Waals surface area contributed by atoms with E-state index in [2.05, 4.69) is 72.0 Å². The van der Waals surface area contributed by atoms with Crippen LogP contribution in [0.25, 0.3) is 0 Å². The van der Waals surface area contributed by atoms with Gasteiger partial charge in [-0.05, 0) is 41.7 Å². The van der Waals surface area contributed by atoms with Gasteiger partial charge < -0.3 is 18.8 Å². The van der Waals surface area contributed by atoms with Crippen molar-refractivity contribution >= 4 is 0 Å². The molecule has 0 spiro atoms. The van der Waals surface area contributed by atoms with Crippen LogP contribution in [0.1, 0.15) is 54.6 Å². The maximum absolute atomic E-state index is 5.84. The first-order valence-electron chi connectivity index (χ1n) is 11.3. The second-order valence-corrected chi connectivity index (χ2v) is 8.70. The molecule has 1 atom stereocenters. The molecule has 0 bridgehead atoms. The van der Waals surface area contributed by atoms with Gasteiger partial charge in [-0.3, -0.25) is 4.90 Å². The lowest BCUT2D eigenvalue weighted by atomic mass is 9.98. The molecular weight excluding hydrogens is 400 g/mol. The van der Waals surface area contributed by atoms with E-state index in [1.54, 1.807) is 21.3 Å². The average molecular weight is 435 g/mol. The fraction of sp³-hybridized carbons (Fsp3) is 0.407. The average Bonchev–Trinajstić information content (AvgIpc) is 3.20. The number of hydrogen-bond donors (Lipinski definition) is 0. The Kier molecular flexibility index (Phi) is 6.75. The third-order valence-electron chi connectivity index (χ3n) is 6.42. The molecule has 0 fully saturated rings. The number of ether oxygens (including phenoxy) is 3. The Labute approximate surface area is 191 Å². The van der Waals surface area contributed by atoms with Crippen molar-refractivity contribution in [1.29, 1.82) is 0 Å². The number of rotatable bonds is 7. The van der Waals surface area contributed by atoms with E-state index in [0.717, 1.165) is 37.4 Å². The lowest BCUT2D eigenvalue weighted by Gasteiger charge is -2.32. The van der Waals surface area contributed by atoms with Crippen LogP contribution >= 0.6 is 0 Å². The van der Waals surface area contributed by atoms with Gasteiger partial charge in [0.2, 0.25) is 0 Å². The van der Waals surface area contributed by atoms with Crippen LogP contribution in [0.2, 0.25) is 0 Å². The third kappa shape index (κ3) is 4.35. The Bertz CT molecular complexity index is 1040. The Morgan fingerprint density at radius 1 is 0.875 bits per heavy atom. The monoisotopic (exact) mass is 434 g/mol. The summed E-state index contributed by atoms with van der Waals surface area (Å²) >= 11 is 0. The third-order valence-corrected chi connectivity index (χ3v) is 6.42. The fourth-order valence-corrected chi connectivity index (χ4v) is 4.67. The van der Waals surface area contributed by atoms with Gasteiger partial charge in [0.1, 0.15) is 5.75 Å². The minimum atomic E-state index is 0.0482. The fourth-order valence-electron chi connectivity index (χ4n) is 4.67. The second kappa shape index (κ2) is 9.70. The van der Waals surface area contributed by atoms with Gasteiger partial charge in [0, 0.05) is 43.2 Å². The van der Waals surface area contributed by atoms with Gasteiger partial charge in [-0.15, -0.1) is 0 Å². The zero-order chi connectivity index (χ0) is 22.7. The summed E-state index contributed by atoms with van der Waals surface area (Å²) in [6.45, 7) is 7.34. The quantitative estimate of drug-likeness (QED) is 0.483. The van der Waals surface area contributed by atoms with E-state index in [4.69, 9.17) is 14.2 Å². The molecule has 170 valence electrons. The molecule has 0 amide bonds. The molecule has 3 aromatic rings. The van der Waals surface area contributed by atoms with Crippen molar-refractivity contribution in [1.82, 2.24) is 9.47 Å². The summed E-state index contributed by atoms with van der Waals surface area (Å²) in [6, 6.07) is 17.5. The summed E-state index contributed by atoms with van der Waals surface area (Å²) in [4.78, 5) is 2.55. The number of aromatic nitrogens is 1.